The zero-order chi connectivity index (χ0) is 13.8. The number of nitrogens with zero attached hydrogens (tertiary/aromatic N) is 1. The van der Waals surface area contributed by atoms with Gasteiger partial charge in [0.2, 0.25) is 0 Å². The molecule has 2 rings (SSSR count). The molecular formula is C14H12ClNO3. The number of methoxy groups -OCH3 is 2. The Morgan fingerprint density at radius 1 is 1.16 bits per heavy atom. The van der Waals surface area contributed by atoms with Gasteiger partial charge >= 0.3 is 0 Å². The summed E-state index contributed by atoms with van der Waals surface area (Å²) >= 11 is 5.93. The molecule has 1 aromatic carbocycles. The predicted octanol–water partition coefficient (Wildman–Crippen LogP) is 2.98. The van der Waals surface area contributed by atoms with E-state index in [1.54, 1.807) is 30.5 Å². The highest BCUT2D eigenvalue weighted by Crippen LogP contribution is 2.27. The Morgan fingerprint density at radius 3 is 2.58 bits per heavy atom. The fraction of sp³-hybridized carbons (Fsp3) is 0.143. The summed E-state index contributed by atoms with van der Waals surface area (Å²) in [5, 5.41) is 0.459. The normalized spacial score (nSPS) is 10.1. The van der Waals surface area contributed by atoms with E-state index >= 15 is 0 Å². The summed E-state index contributed by atoms with van der Waals surface area (Å²) in [5.74, 6) is 0.719. The first-order valence-corrected chi connectivity index (χ1v) is 5.91. The lowest BCUT2D eigenvalue weighted by molar-refractivity contribution is 0.103. The largest absolute Gasteiger partial charge is 0.495 e. The van der Waals surface area contributed by atoms with Crippen LogP contribution >= 0.6 is 11.6 Å². The molecule has 0 unspecified atom stereocenters. The summed E-state index contributed by atoms with van der Waals surface area (Å²) in [6, 6.07) is 6.49. The van der Waals surface area contributed by atoms with E-state index in [1.807, 2.05) is 0 Å². The smallest absolute Gasteiger partial charge is 0.197 e. The lowest BCUT2D eigenvalue weighted by Crippen LogP contribution is -2.04. The van der Waals surface area contributed by atoms with Crippen LogP contribution in [-0.4, -0.2) is 25.0 Å². The third kappa shape index (κ3) is 2.69. The summed E-state index contributed by atoms with van der Waals surface area (Å²) in [6.45, 7) is 0. The molecule has 2 aromatic rings. The number of carbonyl (C=O) groups excluding carboxylic acids is 1. The van der Waals surface area contributed by atoms with Crippen LogP contribution in [0.25, 0.3) is 0 Å². The van der Waals surface area contributed by atoms with Crippen molar-refractivity contribution in [3.05, 3.63) is 52.8 Å². The molecular weight excluding hydrogens is 266 g/mol. The minimum atomic E-state index is -0.172. The van der Waals surface area contributed by atoms with Crippen molar-refractivity contribution in [3.8, 4) is 11.5 Å². The quantitative estimate of drug-likeness (QED) is 0.806. The van der Waals surface area contributed by atoms with Crippen molar-refractivity contribution < 1.29 is 14.3 Å². The maximum absolute atomic E-state index is 12.4. The zero-order valence-electron chi connectivity index (χ0n) is 10.5. The number of hydrogen-bond acceptors (Lipinski definition) is 4. The number of hydrogen-bond donors (Lipinski definition) is 0. The van der Waals surface area contributed by atoms with Crippen LogP contribution in [0.3, 0.4) is 0 Å². The molecule has 0 amide bonds. The molecule has 1 heterocycles. The van der Waals surface area contributed by atoms with Gasteiger partial charge in [0, 0.05) is 11.8 Å². The van der Waals surface area contributed by atoms with Crippen LogP contribution in [-0.2, 0) is 0 Å². The zero-order valence-corrected chi connectivity index (χ0v) is 11.3. The summed E-state index contributed by atoms with van der Waals surface area (Å²) in [5.41, 5.74) is 0.924. The van der Waals surface area contributed by atoms with E-state index in [1.165, 1.54) is 20.4 Å². The Hall–Kier alpha value is -2.07. The third-order valence-electron chi connectivity index (χ3n) is 2.66. The Labute approximate surface area is 115 Å². The number of ether oxygens (including phenoxy) is 2. The molecule has 0 aliphatic rings. The van der Waals surface area contributed by atoms with Gasteiger partial charge in [-0.3, -0.25) is 9.78 Å². The van der Waals surface area contributed by atoms with Gasteiger partial charge in [0.25, 0.3) is 0 Å². The summed E-state index contributed by atoms with van der Waals surface area (Å²) in [4.78, 5) is 16.3. The molecule has 4 nitrogen and oxygen atoms in total. The molecule has 0 saturated carbocycles. The predicted molar refractivity (Wildman–Crippen MR) is 72.2 cm³/mol. The fourth-order valence-electron chi connectivity index (χ4n) is 1.69. The Bertz CT molecular complexity index is 613. The monoisotopic (exact) mass is 277 g/mol. The SMILES string of the molecule is COc1cc(C(=O)c2ccncc2OC)ccc1Cl. The van der Waals surface area contributed by atoms with Crippen molar-refractivity contribution >= 4 is 17.4 Å². The molecule has 5 heteroatoms. The molecule has 0 fully saturated rings. The highest BCUT2D eigenvalue weighted by molar-refractivity contribution is 6.32. The lowest BCUT2D eigenvalue weighted by Gasteiger charge is -2.08. The number of aromatic nitrogens is 1. The Morgan fingerprint density at radius 2 is 1.89 bits per heavy atom. The minimum absolute atomic E-state index is 0.172. The molecule has 98 valence electrons. The van der Waals surface area contributed by atoms with E-state index in [2.05, 4.69) is 4.98 Å². The molecule has 19 heavy (non-hydrogen) atoms. The van der Waals surface area contributed by atoms with Crippen LogP contribution in [0.1, 0.15) is 15.9 Å². The van der Waals surface area contributed by atoms with Crippen LogP contribution in [0, 0.1) is 0 Å². The third-order valence-corrected chi connectivity index (χ3v) is 2.97. The molecule has 0 bridgehead atoms. The molecule has 0 radical (unpaired) electrons. The number of benzene rings is 1. The van der Waals surface area contributed by atoms with Crippen molar-refractivity contribution in [2.75, 3.05) is 14.2 Å². The second kappa shape index (κ2) is 5.71. The highest BCUT2D eigenvalue weighted by atomic mass is 35.5. The standard InChI is InChI=1S/C14H12ClNO3/c1-18-12-7-9(3-4-11(12)15)14(17)10-5-6-16-8-13(10)19-2/h3-8H,1-2H3. The van der Waals surface area contributed by atoms with Gasteiger partial charge in [-0.1, -0.05) is 11.6 Å². The fourth-order valence-corrected chi connectivity index (χ4v) is 1.88. The van der Waals surface area contributed by atoms with Gasteiger partial charge in [-0.2, -0.15) is 0 Å². The molecule has 0 spiro atoms. The summed E-state index contributed by atoms with van der Waals surface area (Å²) < 4.78 is 10.2. The van der Waals surface area contributed by atoms with Crippen molar-refractivity contribution in [2.24, 2.45) is 0 Å². The van der Waals surface area contributed by atoms with E-state index in [9.17, 15) is 4.79 Å². The number of pyridine rings is 1. The van der Waals surface area contributed by atoms with Gasteiger partial charge in [-0.25, -0.2) is 0 Å². The Balaban J connectivity index is 2.44. The molecule has 0 aliphatic carbocycles. The van der Waals surface area contributed by atoms with Crippen LogP contribution < -0.4 is 9.47 Å². The first-order valence-electron chi connectivity index (χ1n) is 5.53. The second-order valence-electron chi connectivity index (χ2n) is 3.75. The summed E-state index contributed by atoms with van der Waals surface area (Å²) in [6.07, 6.45) is 3.04. The van der Waals surface area contributed by atoms with Gasteiger partial charge < -0.3 is 9.47 Å². The molecule has 0 atom stereocenters. The first kappa shape index (κ1) is 13.4. The van der Waals surface area contributed by atoms with E-state index in [-0.39, 0.29) is 5.78 Å². The van der Waals surface area contributed by atoms with Crippen LogP contribution in [0.2, 0.25) is 5.02 Å². The number of rotatable bonds is 4. The summed E-state index contributed by atoms with van der Waals surface area (Å²) in [7, 11) is 3.00. The van der Waals surface area contributed by atoms with Crippen LogP contribution in [0.4, 0.5) is 0 Å². The average molecular weight is 278 g/mol. The van der Waals surface area contributed by atoms with E-state index in [0.717, 1.165) is 0 Å². The molecule has 1 aromatic heterocycles. The number of halogens is 1. The topological polar surface area (TPSA) is 48.4 Å². The molecule has 0 aliphatic heterocycles. The lowest BCUT2D eigenvalue weighted by atomic mass is 10.0. The maximum Gasteiger partial charge on any atom is 0.197 e. The van der Waals surface area contributed by atoms with Crippen molar-refractivity contribution in [3.63, 3.8) is 0 Å². The maximum atomic E-state index is 12.4. The van der Waals surface area contributed by atoms with Crippen LogP contribution in [0.15, 0.2) is 36.7 Å². The minimum Gasteiger partial charge on any atom is -0.495 e. The highest BCUT2D eigenvalue weighted by Gasteiger charge is 2.15. The van der Waals surface area contributed by atoms with Gasteiger partial charge in [0.1, 0.15) is 11.5 Å². The second-order valence-corrected chi connectivity index (χ2v) is 4.16. The van der Waals surface area contributed by atoms with Crippen molar-refractivity contribution in [1.82, 2.24) is 4.98 Å². The Kier molecular flexibility index (Phi) is 4.02. The van der Waals surface area contributed by atoms with E-state index in [0.29, 0.717) is 27.6 Å². The number of carbonyl (C=O) groups is 1. The van der Waals surface area contributed by atoms with Crippen LogP contribution in [0.5, 0.6) is 11.5 Å². The van der Waals surface area contributed by atoms with Crippen molar-refractivity contribution in [2.45, 2.75) is 0 Å². The molecule has 0 saturated heterocycles. The van der Waals surface area contributed by atoms with Crippen molar-refractivity contribution in [1.29, 1.82) is 0 Å². The van der Waals surface area contributed by atoms with Gasteiger partial charge in [0.05, 0.1) is 31.0 Å². The van der Waals surface area contributed by atoms with E-state index < -0.39 is 0 Å². The van der Waals surface area contributed by atoms with E-state index in [4.69, 9.17) is 21.1 Å². The van der Waals surface area contributed by atoms with Gasteiger partial charge in [-0.15, -0.1) is 0 Å². The average Bonchev–Trinajstić information content (AvgIpc) is 2.47. The molecule has 0 N–H and O–H groups in total. The first-order chi connectivity index (χ1) is 9.17. The van der Waals surface area contributed by atoms with Gasteiger partial charge in [-0.05, 0) is 24.3 Å². The van der Waals surface area contributed by atoms with Gasteiger partial charge in [0.15, 0.2) is 5.78 Å². The number of ketones is 1.